The van der Waals surface area contributed by atoms with Gasteiger partial charge in [-0.15, -0.1) is 6.42 Å². The van der Waals surface area contributed by atoms with Gasteiger partial charge in [0, 0.05) is 17.8 Å². The van der Waals surface area contributed by atoms with E-state index in [0.29, 0.717) is 36.2 Å². The molecule has 2 N–H and O–H groups in total. The van der Waals surface area contributed by atoms with Crippen LogP contribution in [0, 0.1) is 18.3 Å². The fourth-order valence-electron chi connectivity index (χ4n) is 4.83. The zero-order valence-corrected chi connectivity index (χ0v) is 25.6. The number of fused-ring (bicyclic) bond motifs is 1. The number of nitrogens with one attached hydrogen (secondary N) is 2. The first kappa shape index (κ1) is 32.2. The van der Waals surface area contributed by atoms with Gasteiger partial charge in [0.15, 0.2) is 0 Å². The number of terminal acetylenes is 1. The molecule has 42 heavy (non-hydrogen) atoms. The number of rotatable bonds is 11. The van der Waals surface area contributed by atoms with Crippen molar-refractivity contribution in [3.05, 3.63) is 77.9 Å². The standard InChI is InChI=1S/C35H43N3O4/c1-8-10-21-38(33(40)30(22-24(3)4)37-34(41)42-35(5,6)7)31(29-18-14-13-15-25(29)9-2)32(39)36-28-20-19-26-16-11-12-17-27(26)23-28/h2,11-20,23-24,30-31H,8,10,21-22H2,1,3-7H3,(H,36,39)(H,37,41). The zero-order chi connectivity index (χ0) is 30.9. The molecular formula is C35H43N3O4. The number of ether oxygens (including phenoxy) is 1. The van der Waals surface area contributed by atoms with Crippen LogP contribution >= 0.6 is 0 Å². The van der Waals surface area contributed by atoms with Crippen LogP contribution in [-0.2, 0) is 14.3 Å². The molecule has 0 saturated heterocycles. The van der Waals surface area contributed by atoms with Crippen LogP contribution in [0.4, 0.5) is 10.5 Å². The summed E-state index contributed by atoms with van der Waals surface area (Å²) in [5.74, 6) is 2.01. The van der Waals surface area contributed by atoms with E-state index in [9.17, 15) is 14.4 Å². The van der Waals surface area contributed by atoms with Crippen LogP contribution in [0.25, 0.3) is 10.8 Å². The molecule has 2 unspecified atom stereocenters. The lowest BCUT2D eigenvalue weighted by atomic mass is 9.95. The number of carbonyl (C=O) groups excluding carboxylic acids is 3. The molecule has 0 aromatic heterocycles. The van der Waals surface area contributed by atoms with Gasteiger partial charge in [0.1, 0.15) is 17.7 Å². The second-order valence-electron chi connectivity index (χ2n) is 11.9. The summed E-state index contributed by atoms with van der Waals surface area (Å²) >= 11 is 0. The van der Waals surface area contributed by atoms with Gasteiger partial charge >= 0.3 is 6.09 Å². The van der Waals surface area contributed by atoms with Gasteiger partial charge in [0.2, 0.25) is 5.91 Å². The first-order valence-corrected chi connectivity index (χ1v) is 14.6. The van der Waals surface area contributed by atoms with Gasteiger partial charge in [-0.2, -0.15) is 0 Å². The van der Waals surface area contributed by atoms with Gasteiger partial charge in [-0.05, 0) is 74.1 Å². The van der Waals surface area contributed by atoms with Crippen LogP contribution in [0.3, 0.4) is 0 Å². The van der Waals surface area contributed by atoms with Crippen LogP contribution in [-0.4, -0.2) is 41.0 Å². The number of anilines is 1. The number of hydrogen-bond acceptors (Lipinski definition) is 4. The topological polar surface area (TPSA) is 87.7 Å². The fourth-order valence-corrected chi connectivity index (χ4v) is 4.83. The summed E-state index contributed by atoms with van der Waals surface area (Å²) < 4.78 is 5.48. The van der Waals surface area contributed by atoms with Crippen molar-refractivity contribution in [2.75, 3.05) is 11.9 Å². The first-order chi connectivity index (χ1) is 19.9. The van der Waals surface area contributed by atoms with E-state index in [1.165, 1.54) is 0 Å². The number of nitrogens with zero attached hydrogens (tertiary/aromatic N) is 1. The Labute approximate surface area is 250 Å². The number of benzene rings is 3. The highest BCUT2D eigenvalue weighted by Gasteiger charge is 2.37. The third-order valence-electron chi connectivity index (χ3n) is 6.72. The number of hydrogen-bond donors (Lipinski definition) is 2. The van der Waals surface area contributed by atoms with Gasteiger partial charge in [-0.1, -0.05) is 81.6 Å². The Morgan fingerprint density at radius 1 is 0.976 bits per heavy atom. The predicted octanol–water partition coefficient (Wildman–Crippen LogP) is 7.07. The zero-order valence-electron chi connectivity index (χ0n) is 25.6. The van der Waals surface area contributed by atoms with Crippen molar-refractivity contribution >= 4 is 34.4 Å². The van der Waals surface area contributed by atoms with E-state index in [-0.39, 0.29) is 11.8 Å². The van der Waals surface area contributed by atoms with Crippen molar-refractivity contribution in [2.24, 2.45) is 5.92 Å². The molecule has 3 aromatic carbocycles. The molecule has 222 valence electrons. The second-order valence-corrected chi connectivity index (χ2v) is 11.9. The lowest BCUT2D eigenvalue weighted by Crippen LogP contribution is -2.53. The third-order valence-corrected chi connectivity index (χ3v) is 6.72. The maximum Gasteiger partial charge on any atom is 0.408 e. The molecule has 0 radical (unpaired) electrons. The molecular weight excluding hydrogens is 526 g/mol. The molecule has 3 amide bonds. The van der Waals surface area contributed by atoms with Crippen molar-refractivity contribution in [3.63, 3.8) is 0 Å². The lowest BCUT2D eigenvalue weighted by Gasteiger charge is -2.35. The van der Waals surface area contributed by atoms with Gasteiger partial charge in [0.25, 0.3) is 5.91 Å². The molecule has 7 heteroatoms. The van der Waals surface area contributed by atoms with Crippen molar-refractivity contribution < 1.29 is 19.1 Å². The van der Waals surface area contributed by atoms with E-state index in [1.807, 2.05) is 63.2 Å². The summed E-state index contributed by atoms with van der Waals surface area (Å²) in [7, 11) is 0. The van der Waals surface area contributed by atoms with Crippen LogP contribution in [0.1, 0.15) is 78.0 Å². The average molecular weight is 570 g/mol. The number of amides is 3. The minimum Gasteiger partial charge on any atom is -0.444 e. The van der Waals surface area contributed by atoms with Crippen molar-refractivity contribution in [2.45, 2.75) is 78.5 Å². The lowest BCUT2D eigenvalue weighted by molar-refractivity contribution is -0.141. The predicted molar refractivity (Wildman–Crippen MR) is 169 cm³/mol. The van der Waals surface area contributed by atoms with E-state index in [1.54, 1.807) is 49.9 Å². The maximum absolute atomic E-state index is 14.4. The number of carbonyl (C=O) groups is 3. The molecule has 0 aliphatic carbocycles. The SMILES string of the molecule is C#Cc1ccccc1C(C(=O)Nc1ccc2ccccc2c1)N(CCCC)C(=O)C(CC(C)C)NC(=O)OC(C)(C)C. The van der Waals surface area contributed by atoms with Crippen LogP contribution in [0.5, 0.6) is 0 Å². The van der Waals surface area contributed by atoms with Crippen molar-refractivity contribution in [3.8, 4) is 12.3 Å². The second kappa shape index (κ2) is 14.5. The van der Waals surface area contributed by atoms with E-state index in [4.69, 9.17) is 11.2 Å². The minimum absolute atomic E-state index is 0.0878. The van der Waals surface area contributed by atoms with Crippen LogP contribution < -0.4 is 10.6 Å². The highest BCUT2D eigenvalue weighted by atomic mass is 16.6. The normalized spacial score (nSPS) is 12.7. The fraction of sp³-hybridized carbons (Fsp3) is 0.400. The summed E-state index contributed by atoms with van der Waals surface area (Å²) in [6, 6.07) is 18.8. The Bertz CT molecular complexity index is 1430. The Kier molecular flexibility index (Phi) is 11.2. The smallest absolute Gasteiger partial charge is 0.408 e. The Morgan fingerprint density at radius 2 is 1.64 bits per heavy atom. The Morgan fingerprint density at radius 3 is 2.29 bits per heavy atom. The molecule has 3 rings (SSSR count). The molecule has 0 fully saturated rings. The highest BCUT2D eigenvalue weighted by molar-refractivity contribution is 6.00. The molecule has 0 heterocycles. The summed E-state index contributed by atoms with van der Waals surface area (Å²) in [5, 5.41) is 7.84. The van der Waals surface area contributed by atoms with Crippen LogP contribution in [0.2, 0.25) is 0 Å². The van der Waals surface area contributed by atoms with Gasteiger partial charge in [-0.3, -0.25) is 9.59 Å². The molecule has 0 aliphatic rings. The quantitative estimate of drug-likeness (QED) is 0.242. The van der Waals surface area contributed by atoms with E-state index in [2.05, 4.69) is 16.6 Å². The molecule has 0 spiro atoms. The molecule has 0 aliphatic heterocycles. The van der Waals surface area contributed by atoms with Crippen molar-refractivity contribution in [1.82, 2.24) is 10.2 Å². The van der Waals surface area contributed by atoms with Crippen molar-refractivity contribution in [1.29, 1.82) is 0 Å². The molecule has 0 saturated carbocycles. The summed E-state index contributed by atoms with van der Waals surface area (Å²) in [6.45, 7) is 11.6. The molecule has 3 aromatic rings. The molecule has 0 bridgehead atoms. The summed E-state index contributed by atoms with van der Waals surface area (Å²) in [5.41, 5.74) is 0.940. The highest BCUT2D eigenvalue weighted by Crippen LogP contribution is 2.29. The third kappa shape index (κ3) is 8.84. The Balaban J connectivity index is 2.07. The van der Waals surface area contributed by atoms with Gasteiger partial charge in [-0.25, -0.2) is 4.79 Å². The summed E-state index contributed by atoms with van der Waals surface area (Å²) in [6.07, 6.45) is 7.02. The van der Waals surface area contributed by atoms with Crippen LogP contribution in [0.15, 0.2) is 66.7 Å². The largest absolute Gasteiger partial charge is 0.444 e. The average Bonchev–Trinajstić information content (AvgIpc) is 2.93. The first-order valence-electron chi connectivity index (χ1n) is 14.6. The maximum atomic E-state index is 14.4. The van der Waals surface area contributed by atoms with E-state index in [0.717, 1.165) is 17.2 Å². The van der Waals surface area contributed by atoms with Gasteiger partial charge in [0.05, 0.1) is 0 Å². The number of alkyl carbamates (subject to hydrolysis) is 1. The monoisotopic (exact) mass is 569 g/mol. The Hall–Kier alpha value is -4.31. The van der Waals surface area contributed by atoms with E-state index < -0.39 is 29.7 Å². The van der Waals surface area contributed by atoms with E-state index >= 15 is 0 Å². The molecule has 7 nitrogen and oxygen atoms in total. The molecule has 2 atom stereocenters. The van der Waals surface area contributed by atoms with Gasteiger partial charge < -0.3 is 20.3 Å². The summed E-state index contributed by atoms with van der Waals surface area (Å²) in [4.78, 5) is 42.9. The minimum atomic E-state index is -1.03. The number of unbranched alkanes of at least 4 members (excludes halogenated alkanes) is 1.